The molecule has 1 amide bonds. The van der Waals surface area contributed by atoms with E-state index in [-0.39, 0.29) is 28.5 Å². The summed E-state index contributed by atoms with van der Waals surface area (Å²) in [7, 11) is 0. The van der Waals surface area contributed by atoms with Gasteiger partial charge in [0.05, 0.1) is 29.6 Å². The molecule has 1 fully saturated rings. The molecule has 0 spiro atoms. The molecule has 1 aliphatic heterocycles. The summed E-state index contributed by atoms with van der Waals surface area (Å²) in [5.74, 6) is -1.89. The lowest BCUT2D eigenvalue weighted by molar-refractivity contribution is -0.139. The number of imidazole rings is 1. The molecule has 4 rings (SSSR count). The van der Waals surface area contributed by atoms with Crippen molar-refractivity contribution in [2.24, 2.45) is 0 Å². The van der Waals surface area contributed by atoms with E-state index in [2.05, 4.69) is 4.98 Å². The number of carbonyl (C=O) groups excluding carboxylic acids is 2. The van der Waals surface area contributed by atoms with Crippen LogP contribution in [0, 0.1) is 5.82 Å². The Morgan fingerprint density at radius 2 is 1.94 bits per heavy atom. The molecule has 0 saturated carbocycles. The number of hydrogen-bond acceptors (Lipinski definition) is 5. The van der Waals surface area contributed by atoms with Crippen molar-refractivity contribution < 1.29 is 23.8 Å². The summed E-state index contributed by atoms with van der Waals surface area (Å²) in [6.45, 7) is 3.08. The maximum atomic E-state index is 13.6. The monoisotopic (exact) mass is 483 g/mol. The van der Waals surface area contributed by atoms with Crippen LogP contribution >= 0.6 is 11.6 Å². The number of rotatable bonds is 8. The summed E-state index contributed by atoms with van der Waals surface area (Å²) in [6.07, 6.45) is 5.69. The Hall–Kier alpha value is -3.65. The summed E-state index contributed by atoms with van der Waals surface area (Å²) in [5.41, 5.74) is 0.721. The lowest BCUT2D eigenvalue weighted by Crippen LogP contribution is -2.31. The van der Waals surface area contributed by atoms with Crippen molar-refractivity contribution in [3.05, 3.63) is 88.7 Å². The third-order valence-corrected chi connectivity index (χ3v) is 5.90. The number of aromatic nitrogens is 2. The minimum atomic E-state index is -0.867. The molecule has 0 radical (unpaired) electrons. The van der Waals surface area contributed by atoms with Crippen LogP contribution in [0.4, 0.5) is 4.39 Å². The minimum Gasteiger partial charge on any atom is -0.507 e. The molecule has 3 aromatic rings. The molecule has 2 aromatic carbocycles. The molecule has 1 aromatic heterocycles. The second-order valence-corrected chi connectivity index (χ2v) is 8.18. The number of ketones is 1. The second kappa shape index (κ2) is 10.1. The number of aryl methyl sites for hydroxylation is 1. The van der Waals surface area contributed by atoms with Crippen molar-refractivity contribution >= 4 is 29.1 Å². The summed E-state index contributed by atoms with van der Waals surface area (Å²) in [5, 5.41) is 11.4. The van der Waals surface area contributed by atoms with E-state index in [0.717, 1.165) is 0 Å². The van der Waals surface area contributed by atoms with Gasteiger partial charge in [-0.25, -0.2) is 9.37 Å². The van der Waals surface area contributed by atoms with Gasteiger partial charge in [-0.1, -0.05) is 23.7 Å². The molecule has 1 aliphatic rings. The molecule has 1 saturated heterocycles. The molecule has 176 valence electrons. The minimum absolute atomic E-state index is 0.0699. The Labute approximate surface area is 201 Å². The van der Waals surface area contributed by atoms with Gasteiger partial charge in [-0.05, 0) is 49.2 Å². The lowest BCUT2D eigenvalue weighted by atomic mass is 9.95. The molecule has 0 bridgehead atoms. The third kappa shape index (κ3) is 4.68. The van der Waals surface area contributed by atoms with E-state index in [4.69, 9.17) is 16.3 Å². The first kappa shape index (κ1) is 23.5. The van der Waals surface area contributed by atoms with Crippen LogP contribution in [0.5, 0.6) is 5.75 Å². The van der Waals surface area contributed by atoms with Crippen molar-refractivity contribution in [3.8, 4) is 5.75 Å². The van der Waals surface area contributed by atoms with Crippen molar-refractivity contribution in [1.82, 2.24) is 14.5 Å². The summed E-state index contributed by atoms with van der Waals surface area (Å²) >= 11 is 6.27. The van der Waals surface area contributed by atoms with Crippen LogP contribution in [0.3, 0.4) is 0 Å². The molecule has 1 N–H and O–H groups in total. The molecule has 1 unspecified atom stereocenters. The Kier molecular flexibility index (Phi) is 6.98. The van der Waals surface area contributed by atoms with Gasteiger partial charge >= 0.3 is 0 Å². The fourth-order valence-corrected chi connectivity index (χ4v) is 4.26. The zero-order chi connectivity index (χ0) is 24.2. The lowest BCUT2D eigenvalue weighted by Gasteiger charge is -2.25. The van der Waals surface area contributed by atoms with Gasteiger partial charge < -0.3 is 19.3 Å². The fourth-order valence-electron chi connectivity index (χ4n) is 4.02. The highest BCUT2D eigenvalue weighted by Crippen LogP contribution is 2.40. The van der Waals surface area contributed by atoms with Crippen molar-refractivity contribution in [1.29, 1.82) is 0 Å². The van der Waals surface area contributed by atoms with E-state index in [0.29, 0.717) is 30.9 Å². The van der Waals surface area contributed by atoms with E-state index >= 15 is 0 Å². The van der Waals surface area contributed by atoms with Crippen LogP contribution in [0.15, 0.2) is 66.8 Å². The Bertz CT molecular complexity index is 1230. The SMILES string of the molecule is CCOc1ccc(/C(O)=C2\C(=O)C(=O)N(CCCn3ccnc3)C2c2ccc(F)cc2)cc1Cl. The fraction of sp³-hybridized carbons (Fsp3) is 0.240. The predicted molar refractivity (Wildman–Crippen MR) is 125 cm³/mol. The number of aliphatic hydroxyl groups excluding tert-OH is 1. The summed E-state index contributed by atoms with van der Waals surface area (Å²) in [4.78, 5) is 31.5. The normalized spacial score (nSPS) is 17.4. The highest BCUT2D eigenvalue weighted by Gasteiger charge is 2.45. The summed E-state index contributed by atoms with van der Waals surface area (Å²) in [6, 6.07) is 9.31. The van der Waals surface area contributed by atoms with E-state index in [1.54, 1.807) is 30.9 Å². The van der Waals surface area contributed by atoms with E-state index < -0.39 is 23.5 Å². The first-order chi connectivity index (χ1) is 16.4. The number of ether oxygens (including phenoxy) is 1. The molecule has 0 aliphatic carbocycles. The number of amides is 1. The summed E-state index contributed by atoms with van der Waals surface area (Å²) < 4.78 is 20.9. The van der Waals surface area contributed by atoms with Crippen molar-refractivity contribution in [2.75, 3.05) is 13.2 Å². The zero-order valence-electron chi connectivity index (χ0n) is 18.4. The molecule has 7 nitrogen and oxygen atoms in total. The van der Waals surface area contributed by atoms with Crippen LogP contribution in [-0.4, -0.2) is 44.4 Å². The Balaban J connectivity index is 1.73. The highest BCUT2D eigenvalue weighted by atomic mass is 35.5. The Morgan fingerprint density at radius 1 is 1.18 bits per heavy atom. The van der Waals surface area contributed by atoms with Crippen molar-refractivity contribution in [3.63, 3.8) is 0 Å². The standard InChI is InChI=1S/C25H23ClFN3O4/c1-2-34-20-9-6-17(14-19(20)26)23(31)21-22(16-4-7-18(27)8-5-16)30(25(33)24(21)32)12-3-11-29-13-10-28-15-29/h4-10,13-15,22,31H,2-3,11-12H2,1H3/b23-21+. The van der Waals surface area contributed by atoms with Gasteiger partial charge in [0.15, 0.2) is 0 Å². The number of aliphatic hydroxyl groups is 1. The topological polar surface area (TPSA) is 84.7 Å². The van der Waals surface area contributed by atoms with Crippen LogP contribution < -0.4 is 4.74 Å². The van der Waals surface area contributed by atoms with Gasteiger partial charge in [-0.3, -0.25) is 9.59 Å². The number of likely N-dealkylation sites (tertiary alicyclic amines) is 1. The Morgan fingerprint density at radius 3 is 2.59 bits per heavy atom. The number of benzene rings is 2. The maximum absolute atomic E-state index is 13.6. The van der Waals surface area contributed by atoms with E-state index in [1.165, 1.54) is 35.2 Å². The van der Waals surface area contributed by atoms with E-state index in [1.807, 2.05) is 11.5 Å². The van der Waals surface area contributed by atoms with Crippen LogP contribution in [0.2, 0.25) is 5.02 Å². The third-order valence-electron chi connectivity index (χ3n) is 5.61. The number of Topliss-reactive ketones (excluding diaryl/α,β-unsaturated/α-hetero) is 1. The quantitative estimate of drug-likeness (QED) is 0.288. The predicted octanol–water partition coefficient (Wildman–Crippen LogP) is 4.59. The van der Waals surface area contributed by atoms with Gasteiger partial charge in [0.25, 0.3) is 11.7 Å². The average molecular weight is 484 g/mol. The van der Waals surface area contributed by atoms with Gasteiger partial charge in [-0.15, -0.1) is 0 Å². The smallest absolute Gasteiger partial charge is 0.295 e. The molecule has 9 heteroatoms. The van der Waals surface area contributed by atoms with Crippen LogP contribution in [-0.2, 0) is 16.1 Å². The number of hydrogen-bond donors (Lipinski definition) is 1. The molecular weight excluding hydrogens is 461 g/mol. The van der Waals surface area contributed by atoms with Gasteiger partial charge in [0, 0.05) is 31.0 Å². The highest BCUT2D eigenvalue weighted by molar-refractivity contribution is 6.46. The van der Waals surface area contributed by atoms with Crippen molar-refractivity contribution in [2.45, 2.75) is 25.9 Å². The molecular formula is C25H23ClFN3O4. The van der Waals surface area contributed by atoms with Gasteiger partial charge in [0.1, 0.15) is 17.3 Å². The second-order valence-electron chi connectivity index (χ2n) is 7.78. The van der Waals surface area contributed by atoms with Crippen LogP contribution in [0.1, 0.15) is 30.5 Å². The largest absolute Gasteiger partial charge is 0.507 e. The van der Waals surface area contributed by atoms with Crippen LogP contribution in [0.25, 0.3) is 5.76 Å². The number of carbonyl (C=O) groups is 2. The number of halogens is 2. The number of nitrogens with zero attached hydrogens (tertiary/aromatic N) is 3. The molecule has 34 heavy (non-hydrogen) atoms. The zero-order valence-corrected chi connectivity index (χ0v) is 19.2. The van der Waals surface area contributed by atoms with Gasteiger partial charge in [0.2, 0.25) is 0 Å². The average Bonchev–Trinajstić information content (AvgIpc) is 3.43. The first-order valence-corrected chi connectivity index (χ1v) is 11.2. The van der Waals surface area contributed by atoms with Gasteiger partial charge in [-0.2, -0.15) is 0 Å². The molecule has 2 heterocycles. The van der Waals surface area contributed by atoms with E-state index in [9.17, 15) is 19.1 Å². The first-order valence-electron chi connectivity index (χ1n) is 10.8. The molecule has 1 atom stereocenters. The maximum Gasteiger partial charge on any atom is 0.295 e.